The maximum absolute atomic E-state index is 6.11. The number of morpholine rings is 1. The van der Waals surface area contributed by atoms with Crippen LogP contribution in [0.3, 0.4) is 0 Å². The third kappa shape index (κ3) is 4.92. The van der Waals surface area contributed by atoms with Crippen molar-refractivity contribution in [2.24, 2.45) is 0 Å². The van der Waals surface area contributed by atoms with Crippen LogP contribution >= 0.6 is 27.5 Å². The fourth-order valence-corrected chi connectivity index (χ4v) is 3.26. The van der Waals surface area contributed by atoms with E-state index < -0.39 is 0 Å². The Balaban J connectivity index is 1.71. The highest BCUT2D eigenvalue weighted by molar-refractivity contribution is 9.10. The molecule has 0 bridgehead atoms. The lowest BCUT2D eigenvalue weighted by Gasteiger charge is -2.35. The summed E-state index contributed by atoms with van der Waals surface area (Å²) in [6.45, 7) is 7.97. The first-order valence-electron chi connectivity index (χ1n) is 7.00. The number of hydrogen-bond donors (Lipinski definition) is 0. The van der Waals surface area contributed by atoms with Gasteiger partial charge in [-0.1, -0.05) is 27.5 Å². The third-order valence-corrected chi connectivity index (χ3v) is 4.05. The average Bonchev–Trinajstić information content (AvgIpc) is 2.35. The lowest BCUT2D eigenvalue weighted by atomic mass is 10.2. The Morgan fingerprint density at radius 1 is 1.35 bits per heavy atom. The van der Waals surface area contributed by atoms with E-state index in [1.165, 1.54) is 0 Å². The summed E-state index contributed by atoms with van der Waals surface area (Å²) in [7, 11) is 0. The second kappa shape index (κ2) is 7.64. The summed E-state index contributed by atoms with van der Waals surface area (Å²) in [6, 6.07) is 5.68. The first kappa shape index (κ1) is 16.1. The van der Waals surface area contributed by atoms with Gasteiger partial charge in [0.25, 0.3) is 0 Å². The zero-order valence-corrected chi connectivity index (χ0v) is 14.3. The van der Waals surface area contributed by atoms with E-state index in [0.29, 0.717) is 23.8 Å². The minimum absolute atomic E-state index is 0.320. The van der Waals surface area contributed by atoms with Gasteiger partial charge in [-0.05, 0) is 38.5 Å². The van der Waals surface area contributed by atoms with Crippen molar-refractivity contribution in [3.8, 4) is 5.75 Å². The molecule has 1 aromatic carbocycles. The number of hydrogen-bond acceptors (Lipinski definition) is 3. The van der Waals surface area contributed by atoms with Crippen molar-refractivity contribution in [1.82, 2.24) is 4.90 Å². The monoisotopic (exact) mass is 361 g/mol. The molecule has 0 saturated carbocycles. The summed E-state index contributed by atoms with van der Waals surface area (Å²) >= 11 is 9.50. The maximum Gasteiger partial charge on any atom is 0.137 e. The number of rotatable bonds is 5. The zero-order valence-electron chi connectivity index (χ0n) is 11.9. The van der Waals surface area contributed by atoms with Crippen LogP contribution < -0.4 is 4.74 Å². The van der Waals surface area contributed by atoms with Crippen LogP contribution in [0.2, 0.25) is 5.02 Å². The van der Waals surface area contributed by atoms with Crippen LogP contribution in [0.5, 0.6) is 5.75 Å². The summed E-state index contributed by atoms with van der Waals surface area (Å²) < 4.78 is 12.4. The average molecular weight is 363 g/mol. The molecule has 112 valence electrons. The highest BCUT2D eigenvalue weighted by Gasteiger charge is 2.21. The molecule has 1 heterocycles. The van der Waals surface area contributed by atoms with E-state index in [4.69, 9.17) is 21.1 Å². The number of halogens is 2. The van der Waals surface area contributed by atoms with Gasteiger partial charge < -0.3 is 9.47 Å². The lowest BCUT2D eigenvalue weighted by molar-refractivity contribution is -0.0686. The third-order valence-electron chi connectivity index (χ3n) is 3.27. The van der Waals surface area contributed by atoms with Gasteiger partial charge in [0.15, 0.2) is 0 Å². The fraction of sp³-hybridized carbons (Fsp3) is 0.600. The molecule has 1 saturated heterocycles. The summed E-state index contributed by atoms with van der Waals surface area (Å²) in [6.07, 6.45) is 1.63. The molecule has 0 unspecified atom stereocenters. The van der Waals surface area contributed by atoms with Crippen LogP contribution in [0.1, 0.15) is 20.3 Å². The SMILES string of the molecule is C[C@H]1CN(CCCOc2ccc(Br)cc2Cl)C[C@H](C)O1. The number of nitrogens with zero attached hydrogens (tertiary/aromatic N) is 1. The molecule has 2 rings (SSSR count). The van der Waals surface area contributed by atoms with Crippen LogP contribution in [0.15, 0.2) is 22.7 Å². The van der Waals surface area contributed by atoms with Crippen LogP contribution in [0, 0.1) is 0 Å². The zero-order chi connectivity index (χ0) is 14.5. The van der Waals surface area contributed by atoms with Crippen LogP contribution in [0.25, 0.3) is 0 Å². The van der Waals surface area contributed by atoms with Gasteiger partial charge in [0.1, 0.15) is 5.75 Å². The van der Waals surface area contributed by atoms with E-state index in [1.807, 2.05) is 18.2 Å². The van der Waals surface area contributed by atoms with Crippen molar-refractivity contribution in [2.75, 3.05) is 26.2 Å². The van der Waals surface area contributed by atoms with E-state index in [-0.39, 0.29) is 0 Å². The predicted molar refractivity (Wildman–Crippen MR) is 85.7 cm³/mol. The Morgan fingerprint density at radius 3 is 2.70 bits per heavy atom. The van der Waals surface area contributed by atoms with Crippen LogP contribution in [-0.2, 0) is 4.74 Å². The first-order valence-corrected chi connectivity index (χ1v) is 8.17. The van der Waals surface area contributed by atoms with Crippen LogP contribution in [-0.4, -0.2) is 43.3 Å². The second-order valence-corrected chi connectivity index (χ2v) is 6.62. The normalized spacial score (nSPS) is 23.8. The molecule has 5 heteroatoms. The Kier molecular flexibility index (Phi) is 6.15. The van der Waals surface area contributed by atoms with Gasteiger partial charge in [0, 0.05) is 24.1 Å². The molecular weight excluding hydrogens is 342 g/mol. The fourth-order valence-electron chi connectivity index (χ4n) is 2.53. The molecule has 2 atom stereocenters. The molecule has 0 aliphatic carbocycles. The molecule has 1 fully saturated rings. The van der Waals surface area contributed by atoms with Crippen molar-refractivity contribution in [3.05, 3.63) is 27.7 Å². The second-order valence-electron chi connectivity index (χ2n) is 5.29. The number of ether oxygens (including phenoxy) is 2. The maximum atomic E-state index is 6.11. The van der Waals surface area contributed by atoms with Gasteiger partial charge in [0.2, 0.25) is 0 Å². The minimum Gasteiger partial charge on any atom is -0.492 e. The van der Waals surface area contributed by atoms with Crippen LogP contribution in [0.4, 0.5) is 0 Å². The molecule has 1 aliphatic rings. The van der Waals surface area contributed by atoms with E-state index in [1.54, 1.807) is 0 Å². The summed E-state index contributed by atoms with van der Waals surface area (Å²) in [4.78, 5) is 2.44. The Bertz CT molecular complexity index is 434. The topological polar surface area (TPSA) is 21.7 Å². The summed E-state index contributed by atoms with van der Waals surface area (Å²) in [5.74, 6) is 0.749. The molecule has 0 spiro atoms. The largest absolute Gasteiger partial charge is 0.492 e. The van der Waals surface area contributed by atoms with Crippen molar-refractivity contribution >= 4 is 27.5 Å². The quantitative estimate of drug-likeness (QED) is 0.740. The minimum atomic E-state index is 0.320. The van der Waals surface area contributed by atoms with E-state index in [2.05, 4.69) is 34.7 Å². The number of benzene rings is 1. The van der Waals surface area contributed by atoms with E-state index in [9.17, 15) is 0 Å². The molecule has 1 aliphatic heterocycles. The Hall–Kier alpha value is -0.290. The van der Waals surface area contributed by atoms with Gasteiger partial charge in [-0.3, -0.25) is 4.90 Å². The highest BCUT2D eigenvalue weighted by Crippen LogP contribution is 2.27. The van der Waals surface area contributed by atoms with Crippen molar-refractivity contribution in [2.45, 2.75) is 32.5 Å². The molecular formula is C15H21BrClNO2. The standard InChI is InChI=1S/C15H21BrClNO2/c1-11-9-18(10-12(2)20-11)6-3-7-19-15-5-4-13(16)8-14(15)17/h4-5,8,11-12H,3,6-7,9-10H2,1-2H3/t11-,12-/m0/s1. The first-order chi connectivity index (χ1) is 9.54. The van der Waals surface area contributed by atoms with Gasteiger partial charge in [-0.15, -0.1) is 0 Å². The lowest BCUT2D eigenvalue weighted by Crippen LogP contribution is -2.45. The van der Waals surface area contributed by atoms with Crippen molar-refractivity contribution < 1.29 is 9.47 Å². The predicted octanol–water partition coefficient (Wildman–Crippen LogP) is 3.98. The van der Waals surface area contributed by atoms with Gasteiger partial charge in [-0.25, -0.2) is 0 Å². The smallest absolute Gasteiger partial charge is 0.137 e. The van der Waals surface area contributed by atoms with Gasteiger partial charge >= 0.3 is 0 Å². The summed E-state index contributed by atoms with van der Waals surface area (Å²) in [5.41, 5.74) is 0. The Morgan fingerprint density at radius 2 is 2.05 bits per heavy atom. The summed E-state index contributed by atoms with van der Waals surface area (Å²) in [5, 5.41) is 0.646. The van der Waals surface area contributed by atoms with E-state index >= 15 is 0 Å². The molecule has 0 N–H and O–H groups in total. The highest BCUT2D eigenvalue weighted by atomic mass is 79.9. The Labute approximate surface area is 134 Å². The molecule has 20 heavy (non-hydrogen) atoms. The molecule has 0 aromatic heterocycles. The molecule has 0 amide bonds. The molecule has 1 aromatic rings. The van der Waals surface area contributed by atoms with Crippen molar-refractivity contribution in [3.63, 3.8) is 0 Å². The van der Waals surface area contributed by atoms with Gasteiger partial charge in [0.05, 0.1) is 23.8 Å². The van der Waals surface area contributed by atoms with Crippen molar-refractivity contribution in [1.29, 1.82) is 0 Å². The molecule has 0 radical (unpaired) electrons. The molecule has 3 nitrogen and oxygen atoms in total. The van der Waals surface area contributed by atoms with Gasteiger partial charge in [-0.2, -0.15) is 0 Å². The van der Waals surface area contributed by atoms with E-state index in [0.717, 1.165) is 36.3 Å².